The third-order valence-electron chi connectivity index (χ3n) is 2.72. The summed E-state index contributed by atoms with van der Waals surface area (Å²) in [7, 11) is 0. The number of carboxylic acid groups (broad SMARTS) is 1. The van der Waals surface area contributed by atoms with Crippen LogP contribution in [0.5, 0.6) is 0 Å². The summed E-state index contributed by atoms with van der Waals surface area (Å²) in [5, 5.41) is 15.7. The molecule has 4 nitrogen and oxygen atoms in total. The van der Waals surface area contributed by atoms with Gasteiger partial charge in [-0.1, -0.05) is 18.0 Å². The van der Waals surface area contributed by atoms with Crippen molar-refractivity contribution in [3.8, 4) is 0 Å². The van der Waals surface area contributed by atoms with Gasteiger partial charge in [0, 0.05) is 5.56 Å². The predicted molar refractivity (Wildman–Crippen MR) is 46.8 cm³/mol. The highest BCUT2D eigenvalue weighted by atomic mass is 35.5. The van der Waals surface area contributed by atoms with Crippen LogP contribution in [0.4, 0.5) is 0 Å². The first kappa shape index (κ1) is 8.56. The molecule has 0 radical (unpaired) electrons. The van der Waals surface area contributed by atoms with E-state index in [1.54, 1.807) is 0 Å². The first-order valence-electron chi connectivity index (χ1n) is 4.09. The van der Waals surface area contributed by atoms with Crippen LogP contribution < -0.4 is 0 Å². The van der Waals surface area contributed by atoms with E-state index in [9.17, 15) is 4.79 Å². The third kappa shape index (κ3) is 1.05. The van der Waals surface area contributed by atoms with Crippen molar-refractivity contribution in [1.29, 1.82) is 0 Å². The van der Waals surface area contributed by atoms with Crippen molar-refractivity contribution in [3.63, 3.8) is 0 Å². The molecule has 13 heavy (non-hydrogen) atoms. The number of aliphatic carboxylic acids is 1. The molecule has 0 saturated heterocycles. The number of carbonyl (C=O) groups is 1. The zero-order valence-corrected chi connectivity index (χ0v) is 7.64. The highest BCUT2D eigenvalue weighted by Crippen LogP contribution is 2.45. The average molecular weight is 201 g/mol. The monoisotopic (exact) mass is 200 g/mol. The maximum Gasteiger partial charge on any atom is 0.314 e. The van der Waals surface area contributed by atoms with Crippen molar-refractivity contribution in [2.75, 3.05) is 0 Å². The second-order valence-corrected chi connectivity index (χ2v) is 3.72. The van der Waals surface area contributed by atoms with Gasteiger partial charge in [-0.05, 0) is 12.8 Å². The van der Waals surface area contributed by atoms with Crippen molar-refractivity contribution in [1.82, 2.24) is 10.2 Å². The van der Waals surface area contributed by atoms with Gasteiger partial charge in [0.1, 0.15) is 5.15 Å². The zero-order valence-electron chi connectivity index (χ0n) is 6.88. The quantitative estimate of drug-likeness (QED) is 0.762. The molecule has 0 aliphatic heterocycles. The maximum absolute atomic E-state index is 11.1. The van der Waals surface area contributed by atoms with Crippen LogP contribution in [0.2, 0.25) is 5.15 Å². The Balaban J connectivity index is 2.43. The molecule has 2 rings (SSSR count). The number of hydrogen-bond donors (Lipinski definition) is 2. The Hall–Kier alpha value is -1.03. The fraction of sp³-hybridized carbons (Fsp3) is 0.500. The van der Waals surface area contributed by atoms with Crippen molar-refractivity contribution >= 4 is 17.6 Å². The second-order valence-electron chi connectivity index (χ2n) is 3.34. The van der Waals surface area contributed by atoms with Gasteiger partial charge in [-0.3, -0.25) is 9.89 Å². The molecule has 1 fully saturated rings. The maximum atomic E-state index is 11.1. The van der Waals surface area contributed by atoms with Crippen molar-refractivity contribution in [2.45, 2.75) is 24.7 Å². The fourth-order valence-electron chi connectivity index (χ4n) is 1.73. The van der Waals surface area contributed by atoms with E-state index in [1.807, 2.05) is 0 Å². The predicted octanol–water partition coefficient (Wildman–Crippen LogP) is 1.57. The van der Waals surface area contributed by atoms with E-state index in [-0.39, 0.29) is 0 Å². The minimum Gasteiger partial charge on any atom is -0.481 e. The van der Waals surface area contributed by atoms with E-state index < -0.39 is 11.4 Å². The summed E-state index contributed by atoms with van der Waals surface area (Å²) in [4.78, 5) is 11.1. The van der Waals surface area contributed by atoms with Gasteiger partial charge >= 0.3 is 5.97 Å². The number of carboxylic acids is 1. The number of hydrogen-bond acceptors (Lipinski definition) is 2. The minimum absolute atomic E-state index is 0.349. The van der Waals surface area contributed by atoms with E-state index in [2.05, 4.69) is 10.2 Å². The molecular weight excluding hydrogens is 192 g/mol. The summed E-state index contributed by atoms with van der Waals surface area (Å²) in [5.41, 5.74) is -0.155. The van der Waals surface area contributed by atoms with Crippen LogP contribution in [0.25, 0.3) is 0 Å². The number of halogens is 1. The van der Waals surface area contributed by atoms with Gasteiger partial charge < -0.3 is 5.11 Å². The van der Waals surface area contributed by atoms with Crippen molar-refractivity contribution < 1.29 is 9.90 Å². The average Bonchev–Trinajstić information content (AvgIpc) is 2.34. The fourth-order valence-corrected chi connectivity index (χ4v) is 2.01. The smallest absolute Gasteiger partial charge is 0.314 e. The number of H-pyrrole nitrogens is 1. The van der Waals surface area contributed by atoms with E-state index in [0.29, 0.717) is 23.6 Å². The van der Waals surface area contributed by atoms with Crippen LogP contribution in [0.3, 0.4) is 0 Å². The summed E-state index contributed by atoms with van der Waals surface area (Å²) < 4.78 is 0. The summed E-state index contributed by atoms with van der Waals surface area (Å²) >= 11 is 5.80. The largest absolute Gasteiger partial charge is 0.481 e. The first-order chi connectivity index (χ1) is 6.17. The number of nitrogens with zero attached hydrogens (tertiary/aromatic N) is 1. The lowest BCUT2D eigenvalue weighted by molar-refractivity contribution is -0.147. The van der Waals surface area contributed by atoms with Gasteiger partial charge in [-0.15, -0.1) is 0 Å². The summed E-state index contributed by atoms with van der Waals surface area (Å²) in [6.45, 7) is 0. The molecule has 1 aliphatic carbocycles. The van der Waals surface area contributed by atoms with Gasteiger partial charge in [0.05, 0.1) is 11.6 Å². The lowest BCUT2D eigenvalue weighted by atomic mass is 9.65. The molecule has 1 aliphatic rings. The van der Waals surface area contributed by atoms with Crippen LogP contribution in [0, 0.1) is 0 Å². The summed E-state index contributed by atoms with van der Waals surface area (Å²) in [6, 6.07) is 0. The third-order valence-corrected chi connectivity index (χ3v) is 3.01. The van der Waals surface area contributed by atoms with Crippen LogP contribution in [-0.4, -0.2) is 21.3 Å². The van der Waals surface area contributed by atoms with Gasteiger partial charge in [0.2, 0.25) is 0 Å². The lowest BCUT2D eigenvalue weighted by Crippen LogP contribution is -2.42. The van der Waals surface area contributed by atoms with Crippen molar-refractivity contribution in [3.05, 3.63) is 16.9 Å². The van der Waals surface area contributed by atoms with Gasteiger partial charge in [-0.25, -0.2) is 0 Å². The molecule has 1 aromatic heterocycles. The molecule has 0 aromatic carbocycles. The Labute approximate surface area is 79.9 Å². The minimum atomic E-state index is -0.804. The van der Waals surface area contributed by atoms with E-state index in [4.69, 9.17) is 16.7 Å². The molecule has 0 unspecified atom stereocenters. The van der Waals surface area contributed by atoms with Crippen molar-refractivity contribution in [2.24, 2.45) is 0 Å². The molecule has 0 amide bonds. The Morgan fingerprint density at radius 1 is 1.69 bits per heavy atom. The number of rotatable bonds is 2. The molecule has 0 atom stereocenters. The lowest BCUT2D eigenvalue weighted by Gasteiger charge is -2.36. The molecule has 1 saturated carbocycles. The normalized spacial score (nSPS) is 19.5. The molecule has 2 N–H and O–H groups in total. The Morgan fingerprint density at radius 2 is 2.38 bits per heavy atom. The molecule has 1 aromatic rings. The number of aromatic amines is 1. The van der Waals surface area contributed by atoms with E-state index in [1.165, 1.54) is 6.20 Å². The summed E-state index contributed by atoms with van der Waals surface area (Å²) in [5.74, 6) is -0.804. The van der Waals surface area contributed by atoms with Gasteiger partial charge in [0.25, 0.3) is 0 Å². The first-order valence-corrected chi connectivity index (χ1v) is 4.47. The van der Waals surface area contributed by atoms with Crippen LogP contribution in [-0.2, 0) is 10.2 Å². The van der Waals surface area contributed by atoms with Crippen LogP contribution >= 0.6 is 11.6 Å². The van der Waals surface area contributed by atoms with Gasteiger partial charge in [0.15, 0.2) is 0 Å². The topological polar surface area (TPSA) is 66.0 Å². The Bertz CT molecular complexity index is 344. The standard InChI is InChI=1S/C8H9ClN2O2/c9-6-5(4-10-11-6)8(7(12)13)2-1-3-8/h4H,1-3H2,(H,10,11)(H,12,13). The van der Waals surface area contributed by atoms with Crippen LogP contribution in [0.15, 0.2) is 6.20 Å². The Morgan fingerprint density at radius 3 is 2.69 bits per heavy atom. The molecular formula is C8H9ClN2O2. The number of aromatic nitrogens is 2. The van der Waals surface area contributed by atoms with E-state index in [0.717, 1.165) is 6.42 Å². The number of nitrogens with one attached hydrogen (secondary N) is 1. The second kappa shape index (κ2) is 2.73. The SMILES string of the molecule is O=C(O)C1(c2cn[nH]c2Cl)CCC1. The Kier molecular flexibility index (Phi) is 1.80. The van der Waals surface area contributed by atoms with E-state index >= 15 is 0 Å². The van der Waals surface area contributed by atoms with Crippen LogP contribution in [0.1, 0.15) is 24.8 Å². The van der Waals surface area contributed by atoms with Gasteiger partial charge in [-0.2, -0.15) is 5.10 Å². The molecule has 1 heterocycles. The molecule has 5 heteroatoms. The molecule has 0 bridgehead atoms. The molecule has 0 spiro atoms. The highest BCUT2D eigenvalue weighted by molar-refractivity contribution is 6.30. The highest BCUT2D eigenvalue weighted by Gasteiger charge is 2.47. The zero-order chi connectivity index (χ0) is 9.47. The summed E-state index contributed by atoms with van der Waals surface area (Å²) in [6.07, 6.45) is 3.76. The molecule has 70 valence electrons.